The lowest BCUT2D eigenvalue weighted by Gasteiger charge is -2.31. The topological polar surface area (TPSA) is 40.5 Å². The number of nitrogens with zero attached hydrogens (tertiary/aromatic N) is 3. The Hall–Kier alpha value is -2.88. The molecule has 1 aliphatic heterocycles. The molecule has 4 nitrogen and oxygen atoms in total. The van der Waals surface area contributed by atoms with Crippen molar-refractivity contribution in [1.29, 1.82) is 0 Å². The fourth-order valence-corrected chi connectivity index (χ4v) is 3.49. The largest absolute Gasteiger partial charge is 0.352 e. The standard InChI is InChI=1S/C21H22N4/c1-22-21(25-13-11-16-6-2-3-7-19(16)15-25)24-14-18-9-4-8-17-10-5-12-23-20(17)18/h2-10,12H,11,13-15H2,1H3,(H,22,24). The first-order valence-electron chi connectivity index (χ1n) is 8.70. The Kier molecular flexibility index (Phi) is 4.34. The van der Waals surface area contributed by atoms with E-state index in [4.69, 9.17) is 0 Å². The van der Waals surface area contributed by atoms with Crippen LogP contribution in [0.4, 0.5) is 0 Å². The molecule has 25 heavy (non-hydrogen) atoms. The maximum atomic E-state index is 4.53. The molecule has 0 bridgehead atoms. The first-order chi connectivity index (χ1) is 12.3. The van der Waals surface area contributed by atoms with Crippen LogP contribution >= 0.6 is 0 Å². The van der Waals surface area contributed by atoms with Gasteiger partial charge in [0.15, 0.2) is 5.96 Å². The van der Waals surface area contributed by atoms with Crippen LogP contribution in [0.15, 0.2) is 65.8 Å². The Balaban J connectivity index is 1.50. The number of aromatic nitrogens is 1. The predicted octanol–water partition coefficient (Wildman–Crippen LogP) is 3.37. The van der Waals surface area contributed by atoms with Gasteiger partial charge in [0.25, 0.3) is 0 Å². The van der Waals surface area contributed by atoms with Gasteiger partial charge >= 0.3 is 0 Å². The highest BCUT2D eigenvalue weighted by atomic mass is 15.3. The van der Waals surface area contributed by atoms with E-state index in [9.17, 15) is 0 Å². The van der Waals surface area contributed by atoms with Crippen LogP contribution in [0.2, 0.25) is 0 Å². The summed E-state index contributed by atoms with van der Waals surface area (Å²) in [6.07, 6.45) is 2.91. The Labute approximate surface area is 148 Å². The molecular formula is C21H22N4. The fraction of sp³-hybridized carbons (Fsp3) is 0.238. The van der Waals surface area contributed by atoms with Gasteiger partial charge in [0.1, 0.15) is 0 Å². The van der Waals surface area contributed by atoms with Crippen molar-refractivity contribution in [2.45, 2.75) is 19.5 Å². The molecule has 0 unspecified atom stereocenters. The van der Waals surface area contributed by atoms with E-state index in [1.54, 1.807) is 0 Å². The highest BCUT2D eigenvalue weighted by Gasteiger charge is 2.18. The summed E-state index contributed by atoms with van der Waals surface area (Å²) in [5, 5.41) is 4.68. The fourth-order valence-electron chi connectivity index (χ4n) is 3.49. The highest BCUT2D eigenvalue weighted by molar-refractivity contribution is 5.83. The Morgan fingerprint density at radius 3 is 2.80 bits per heavy atom. The molecule has 0 amide bonds. The van der Waals surface area contributed by atoms with E-state index in [1.165, 1.54) is 22.1 Å². The van der Waals surface area contributed by atoms with Crippen LogP contribution in [0.5, 0.6) is 0 Å². The third-order valence-electron chi connectivity index (χ3n) is 4.80. The highest BCUT2D eigenvalue weighted by Crippen LogP contribution is 2.19. The predicted molar refractivity (Wildman–Crippen MR) is 102 cm³/mol. The average Bonchev–Trinajstić information content (AvgIpc) is 2.68. The molecule has 0 atom stereocenters. The van der Waals surface area contributed by atoms with Crippen molar-refractivity contribution >= 4 is 16.9 Å². The molecule has 4 rings (SSSR count). The van der Waals surface area contributed by atoms with Gasteiger partial charge in [0, 0.05) is 38.3 Å². The minimum Gasteiger partial charge on any atom is -0.352 e. The number of para-hydroxylation sites is 1. The SMILES string of the molecule is CN=C(NCc1cccc2cccnc12)N1CCc2ccccc2C1. The van der Waals surface area contributed by atoms with Crippen molar-refractivity contribution in [3.8, 4) is 0 Å². The molecule has 2 heterocycles. The van der Waals surface area contributed by atoms with Gasteiger partial charge in [0.05, 0.1) is 5.52 Å². The molecule has 0 fully saturated rings. The Morgan fingerprint density at radius 1 is 1.08 bits per heavy atom. The van der Waals surface area contributed by atoms with Gasteiger partial charge in [-0.25, -0.2) is 0 Å². The van der Waals surface area contributed by atoms with Crippen molar-refractivity contribution in [3.05, 3.63) is 77.5 Å². The zero-order chi connectivity index (χ0) is 17.1. The molecule has 4 heteroatoms. The van der Waals surface area contributed by atoms with Crippen LogP contribution < -0.4 is 5.32 Å². The molecule has 0 saturated heterocycles. The summed E-state index contributed by atoms with van der Waals surface area (Å²) < 4.78 is 0. The van der Waals surface area contributed by atoms with Crippen molar-refractivity contribution in [2.75, 3.05) is 13.6 Å². The number of hydrogen-bond donors (Lipinski definition) is 1. The smallest absolute Gasteiger partial charge is 0.194 e. The summed E-state index contributed by atoms with van der Waals surface area (Å²) in [5.41, 5.74) is 5.09. The summed E-state index contributed by atoms with van der Waals surface area (Å²) in [6, 6.07) is 19.1. The molecule has 1 N–H and O–H groups in total. The number of pyridine rings is 1. The second-order valence-electron chi connectivity index (χ2n) is 6.33. The summed E-state index contributed by atoms with van der Waals surface area (Å²) in [4.78, 5) is 11.3. The Morgan fingerprint density at radius 2 is 1.92 bits per heavy atom. The number of guanidine groups is 1. The van der Waals surface area contributed by atoms with Gasteiger partial charge in [0.2, 0.25) is 0 Å². The molecule has 0 saturated carbocycles. The molecule has 0 aliphatic carbocycles. The van der Waals surface area contributed by atoms with E-state index in [0.717, 1.165) is 37.5 Å². The van der Waals surface area contributed by atoms with Gasteiger partial charge < -0.3 is 10.2 Å². The van der Waals surface area contributed by atoms with Crippen molar-refractivity contribution in [2.24, 2.45) is 4.99 Å². The van der Waals surface area contributed by atoms with Crippen LogP contribution in [0, 0.1) is 0 Å². The Bertz CT molecular complexity index is 911. The van der Waals surface area contributed by atoms with Crippen molar-refractivity contribution < 1.29 is 0 Å². The molecule has 1 aromatic heterocycles. The van der Waals surface area contributed by atoms with Crippen LogP contribution in [0.25, 0.3) is 10.9 Å². The normalized spacial score (nSPS) is 14.4. The third kappa shape index (κ3) is 3.20. The maximum Gasteiger partial charge on any atom is 0.194 e. The van der Waals surface area contributed by atoms with E-state index in [-0.39, 0.29) is 0 Å². The zero-order valence-electron chi connectivity index (χ0n) is 14.4. The summed E-state index contributed by atoms with van der Waals surface area (Å²) in [7, 11) is 1.85. The van der Waals surface area contributed by atoms with Gasteiger partial charge in [-0.05, 0) is 29.2 Å². The van der Waals surface area contributed by atoms with E-state index in [1.807, 2.05) is 19.3 Å². The molecule has 3 aromatic rings. The lowest BCUT2D eigenvalue weighted by Crippen LogP contribution is -2.43. The third-order valence-corrected chi connectivity index (χ3v) is 4.80. The summed E-state index contributed by atoms with van der Waals surface area (Å²) in [6.45, 7) is 2.62. The zero-order valence-corrected chi connectivity index (χ0v) is 14.4. The number of aliphatic imine (C=N–C) groups is 1. The minimum atomic E-state index is 0.721. The second-order valence-corrected chi connectivity index (χ2v) is 6.33. The molecule has 1 aliphatic rings. The molecular weight excluding hydrogens is 308 g/mol. The number of nitrogens with one attached hydrogen (secondary N) is 1. The van der Waals surface area contributed by atoms with E-state index in [2.05, 4.69) is 68.7 Å². The van der Waals surface area contributed by atoms with E-state index < -0.39 is 0 Å². The van der Waals surface area contributed by atoms with Crippen LogP contribution in [-0.4, -0.2) is 29.4 Å². The molecule has 2 aromatic carbocycles. The summed E-state index contributed by atoms with van der Waals surface area (Å²) in [5.74, 6) is 0.947. The van der Waals surface area contributed by atoms with Gasteiger partial charge in [-0.2, -0.15) is 0 Å². The van der Waals surface area contributed by atoms with Crippen molar-refractivity contribution in [1.82, 2.24) is 15.2 Å². The first kappa shape index (κ1) is 15.6. The van der Waals surface area contributed by atoms with Crippen LogP contribution in [0.3, 0.4) is 0 Å². The number of fused-ring (bicyclic) bond motifs is 2. The molecule has 126 valence electrons. The van der Waals surface area contributed by atoms with Gasteiger partial charge in [-0.1, -0.05) is 48.5 Å². The molecule has 0 radical (unpaired) electrons. The number of rotatable bonds is 2. The lowest BCUT2D eigenvalue weighted by molar-refractivity contribution is 0.378. The van der Waals surface area contributed by atoms with Crippen LogP contribution in [0.1, 0.15) is 16.7 Å². The van der Waals surface area contributed by atoms with Crippen LogP contribution in [-0.2, 0) is 19.5 Å². The average molecular weight is 330 g/mol. The first-order valence-corrected chi connectivity index (χ1v) is 8.70. The minimum absolute atomic E-state index is 0.721. The van der Waals surface area contributed by atoms with E-state index in [0.29, 0.717) is 0 Å². The number of hydrogen-bond acceptors (Lipinski definition) is 2. The monoisotopic (exact) mass is 330 g/mol. The number of benzene rings is 2. The lowest BCUT2D eigenvalue weighted by atomic mass is 10.0. The summed E-state index contributed by atoms with van der Waals surface area (Å²) >= 11 is 0. The second kappa shape index (κ2) is 6.93. The van der Waals surface area contributed by atoms with E-state index >= 15 is 0 Å². The molecule has 0 spiro atoms. The van der Waals surface area contributed by atoms with Crippen molar-refractivity contribution in [3.63, 3.8) is 0 Å². The van der Waals surface area contributed by atoms with Gasteiger partial charge in [-0.15, -0.1) is 0 Å². The maximum absolute atomic E-state index is 4.53. The van der Waals surface area contributed by atoms with Gasteiger partial charge in [-0.3, -0.25) is 9.98 Å². The quantitative estimate of drug-likeness (QED) is 0.578.